The normalized spacial score (nSPS) is 11.7. The van der Waals surface area contributed by atoms with Crippen LogP contribution in [0.5, 0.6) is 0 Å². The van der Waals surface area contributed by atoms with Gasteiger partial charge in [-0.25, -0.2) is 9.59 Å². The van der Waals surface area contributed by atoms with Crippen molar-refractivity contribution in [3.05, 3.63) is 71.8 Å². The molecule has 2 rings (SSSR count). The number of ether oxygens (including phenoxy) is 3. The van der Waals surface area contributed by atoms with Crippen molar-refractivity contribution in [3.63, 3.8) is 0 Å². The van der Waals surface area contributed by atoms with Crippen LogP contribution in [0.1, 0.15) is 43.1 Å². The lowest BCUT2D eigenvalue weighted by molar-refractivity contribution is -0.152. The number of esters is 2. The minimum absolute atomic E-state index is 0.0143. The highest BCUT2D eigenvalue weighted by Crippen LogP contribution is 2.09. The first-order valence-electron chi connectivity index (χ1n) is 10.1. The van der Waals surface area contributed by atoms with Crippen molar-refractivity contribution in [2.75, 3.05) is 6.61 Å². The molecule has 2 aromatic rings. The molecule has 2 aromatic carbocycles. The van der Waals surface area contributed by atoms with Crippen molar-refractivity contribution in [2.24, 2.45) is 0 Å². The molecule has 170 valence electrons. The average Bonchev–Trinajstić information content (AvgIpc) is 2.75. The third-order valence-electron chi connectivity index (χ3n) is 4.03. The Morgan fingerprint density at radius 3 is 2.06 bits per heavy atom. The van der Waals surface area contributed by atoms with E-state index in [2.05, 4.69) is 5.32 Å². The topological polar surface area (TPSA) is 108 Å². The number of amides is 1. The van der Waals surface area contributed by atoms with Gasteiger partial charge in [0.05, 0.1) is 6.42 Å². The zero-order valence-corrected chi connectivity index (χ0v) is 18.3. The second-order valence-corrected chi connectivity index (χ2v) is 7.95. The predicted octanol–water partition coefficient (Wildman–Crippen LogP) is 3.44. The Kier molecular flexibility index (Phi) is 8.95. The molecule has 0 aliphatic carbocycles. The fraction of sp³-hybridized carbons (Fsp3) is 0.333. The van der Waals surface area contributed by atoms with Gasteiger partial charge in [-0.05, 0) is 26.3 Å². The highest BCUT2D eigenvalue weighted by molar-refractivity contribution is 5.98. The third kappa shape index (κ3) is 8.99. The summed E-state index contributed by atoms with van der Waals surface area (Å²) in [6, 6.07) is 15.9. The number of carbonyl (C=O) groups excluding carboxylic acids is 4. The molecular formula is C24H27NO7. The first-order valence-corrected chi connectivity index (χ1v) is 10.1. The number of rotatable bonds is 9. The highest BCUT2D eigenvalue weighted by atomic mass is 16.6. The van der Waals surface area contributed by atoms with E-state index < -0.39 is 48.5 Å². The maximum atomic E-state index is 12.5. The van der Waals surface area contributed by atoms with Crippen LogP contribution in [0.2, 0.25) is 0 Å². The highest BCUT2D eigenvalue weighted by Gasteiger charge is 2.29. The van der Waals surface area contributed by atoms with E-state index in [-0.39, 0.29) is 6.61 Å². The van der Waals surface area contributed by atoms with Crippen LogP contribution >= 0.6 is 0 Å². The maximum Gasteiger partial charge on any atom is 0.408 e. The summed E-state index contributed by atoms with van der Waals surface area (Å²) in [6.07, 6.45) is -1.38. The van der Waals surface area contributed by atoms with E-state index in [0.717, 1.165) is 5.56 Å². The number of ketones is 1. The van der Waals surface area contributed by atoms with E-state index in [1.54, 1.807) is 75.4 Å². The van der Waals surface area contributed by atoms with Crippen LogP contribution in [0.3, 0.4) is 0 Å². The minimum atomic E-state index is -1.38. The monoisotopic (exact) mass is 441 g/mol. The molecule has 32 heavy (non-hydrogen) atoms. The van der Waals surface area contributed by atoms with E-state index in [1.165, 1.54) is 0 Å². The van der Waals surface area contributed by atoms with Crippen LogP contribution < -0.4 is 5.32 Å². The molecule has 8 heteroatoms. The summed E-state index contributed by atoms with van der Waals surface area (Å²) in [4.78, 5) is 49.1. The molecule has 0 unspecified atom stereocenters. The van der Waals surface area contributed by atoms with Gasteiger partial charge in [-0.15, -0.1) is 0 Å². The Hall–Kier alpha value is -3.68. The number of nitrogens with one attached hydrogen (secondary N) is 1. The van der Waals surface area contributed by atoms with Crippen LogP contribution in [0.15, 0.2) is 60.7 Å². The molecule has 0 saturated carbocycles. The number of hydrogen-bond donors (Lipinski definition) is 1. The first kappa shape index (κ1) is 24.6. The molecule has 1 atom stereocenters. The van der Waals surface area contributed by atoms with Crippen molar-refractivity contribution < 1.29 is 33.4 Å². The largest absolute Gasteiger partial charge is 0.461 e. The van der Waals surface area contributed by atoms with Crippen molar-refractivity contribution in [1.82, 2.24) is 5.32 Å². The lowest BCUT2D eigenvalue weighted by atomic mass is 10.1. The molecule has 0 radical (unpaired) electrons. The fourth-order valence-corrected chi connectivity index (χ4v) is 2.55. The van der Waals surface area contributed by atoms with Gasteiger partial charge in [0.2, 0.25) is 0 Å². The summed E-state index contributed by atoms with van der Waals surface area (Å²) in [7, 11) is 0. The molecule has 0 fully saturated rings. The molecule has 0 aliphatic heterocycles. The SMILES string of the molecule is CC(C)(C)OC(=O)N[C@@H](CC(=O)OCc1ccccc1)C(=O)OCC(=O)c1ccccc1. The molecule has 0 bridgehead atoms. The van der Waals surface area contributed by atoms with Crippen LogP contribution in [-0.4, -0.2) is 42.1 Å². The molecule has 0 spiro atoms. The molecular weight excluding hydrogens is 414 g/mol. The summed E-state index contributed by atoms with van der Waals surface area (Å²) in [6.45, 7) is 4.46. The van der Waals surface area contributed by atoms with E-state index >= 15 is 0 Å². The Bertz CT molecular complexity index is 920. The Balaban J connectivity index is 1.98. The van der Waals surface area contributed by atoms with Gasteiger partial charge >= 0.3 is 18.0 Å². The quantitative estimate of drug-likeness (QED) is 0.361. The Morgan fingerprint density at radius 2 is 1.47 bits per heavy atom. The zero-order valence-electron chi connectivity index (χ0n) is 18.3. The molecule has 8 nitrogen and oxygen atoms in total. The number of hydrogen-bond acceptors (Lipinski definition) is 7. The maximum absolute atomic E-state index is 12.5. The zero-order chi connectivity index (χ0) is 23.6. The summed E-state index contributed by atoms with van der Waals surface area (Å²) in [5, 5.41) is 2.32. The van der Waals surface area contributed by atoms with Gasteiger partial charge in [-0.1, -0.05) is 60.7 Å². The smallest absolute Gasteiger partial charge is 0.408 e. The Morgan fingerprint density at radius 1 is 0.875 bits per heavy atom. The first-order chi connectivity index (χ1) is 15.1. The van der Waals surface area contributed by atoms with Crippen LogP contribution in [0.4, 0.5) is 4.79 Å². The Labute approximate surface area is 186 Å². The summed E-state index contributed by atoms with van der Waals surface area (Å²) >= 11 is 0. The van der Waals surface area contributed by atoms with Gasteiger partial charge in [-0.3, -0.25) is 9.59 Å². The molecule has 0 saturated heterocycles. The minimum Gasteiger partial charge on any atom is -0.461 e. The fourth-order valence-electron chi connectivity index (χ4n) is 2.55. The third-order valence-corrected chi connectivity index (χ3v) is 4.03. The number of alkyl carbamates (subject to hydrolysis) is 1. The van der Waals surface area contributed by atoms with Gasteiger partial charge in [0, 0.05) is 5.56 Å². The van der Waals surface area contributed by atoms with Crippen molar-refractivity contribution in [1.29, 1.82) is 0 Å². The van der Waals surface area contributed by atoms with Gasteiger partial charge in [0.15, 0.2) is 12.4 Å². The summed E-state index contributed by atoms with van der Waals surface area (Å²) < 4.78 is 15.4. The number of Topliss-reactive ketones (excluding diaryl/α,β-unsaturated/α-hetero) is 1. The van der Waals surface area contributed by atoms with Gasteiger partial charge in [-0.2, -0.15) is 0 Å². The van der Waals surface area contributed by atoms with Crippen LogP contribution in [-0.2, 0) is 30.4 Å². The number of carbonyl (C=O) groups is 4. The average molecular weight is 441 g/mol. The molecule has 1 N–H and O–H groups in total. The van der Waals surface area contributed by atoms with Crippen LogP contribution in [0.25, 0.3) is 0 Å². The lowest BCUT2D eigenvalue weighted by Gasteiger charge is -2.22. The van der Waals surface area contributed by atoms with Crippen molar-refractivity contribution in [3.8, 4) is 0 Å². The van der Waals surface area contributed by atoms with Gasteiger partial charge in [0.25, 0.3) is 0 Å². The molecule has 0 aliphatic rings. The molecule has 0 heterocycles. The van der Waals surface area contributed by atoms with Crippen molar-refractivity contribution in [2.45, 2.75) is 45.4 Å². The van der Waals surface area contributed by atoms with E-state index in [9.17, 15) is 19.2 Å². The van der Waals surface area contributed by atoms with Gasteiger partial charge in [0.1, 0.15) is 18.2 Å². The lowest BCUT2D eigenvalue weighted by Crippen LogP contribution is -2.45. The number of benzene rings is 2. The standard InChI is InChI=1S/C24H27NO7/c1-24(2,3)32-23(29)25-19(14-21(27)30-15-17-10-6-4-7-11-17)22(28)31-16-20(26)18-12-8-5-9-13-18/h4-13,19H,14-16H2,1-3H3,(H,25,29)/t19-/m0/s1. The second-order valence-electron chi connectivity index (χ2n) is 7.95. The van der Waals surface area contributed by atoms with E-state index in [4.69, 9.17) is 14.2 Å². The molecule has 0 aromatic heterocycles. The predicted molar refractivity (Wildman–Crippen MR) is 116 cm³/mol. The van der Waals surface area contributed by atoms with E-state index in [1.807, 2.05) is 6.07 Å². The summed E-state index contributed by atoms with van der Waals surface area (Å²) in [5.74, 6) is -2.08. The van der Waals surface area contributed by atoms with Gasteiger partial charge < -0.3 is 19.5 Å². The second kappa shape index (κ2) is 11.6. The van der Waals surface area contributed by atoms with Crippen molar-refractivity contribution >= 4 is 23.8 Å². The van der Waals surface area contributed by atoms with E-state index in [0.29, 0.717) is 5.56 Å². The molecule has 1 amide bonds. The van der Waals surface area contributed by atoms with Crippen LogP contribution in [0, 0.1) is 0 Å². The summed E-state index contributed by atoms with van der Waals surface area (Å²) in [5.41, 5.74) is 0.336.